The van der Waals surface area contributed by atoms with Crippen LogP contribution in [0.2, 0.25) is 0 Å². The molecule has 0 heterocycles. The first-order chi connectivity index (χ1) is 10.4. The van der Waals surface area contributed by atoms with Gasteiger partial charge in [-0.2, -0.15) is 4.31 Å². The normalized spacial score (nSPS) is 13.1. The summed E-state index contributed by atoms with van der Waals surface area (Å²) in [5.41, 5.74) is 0.890. The number of halogens is 1. The predicted octanol–water partition coefficient (Wildman–Crippen LogP) is 3.30. The maximum absolute atomic E-state index is 12.5. The van der Waals surface area contributed by atoms with Crippen molar-refractivity contribution in [1.29, 1.82) is 0 Å². The van der Waals surface area contributed by atoms with E-state index in [0.29, 0.717) is 5.75 Å². The lowest BCUT2D eigenvalue weighted by atomic mass is 10.1. The van der Waals surface area contributed by atoms with Crippen molar-refractivity contribution in [1.82, 2.24) is 4.31 Å². The number of benzene rings is 2. The summed E-state index contributed by atoms with van der Waals surface area (Å²) in [6.07, 6.45) is 0. The highest BCUT2D eigenvalue weighted by atomic mass is 35.5. The minimum absolute atomic E-state index is 0.194. The average Bonchev–Trinajstić information content (AvgIpc) is 2.55. The number of sulfonamides is 1. The summed E-state index contributed by atoms with van der Waals surface area (Å²) in [7, 11) is -0.513. The lowest BCUT2D eigenvalue weighted by Gasteiger charge is -2.20. The Labute approximate surface area is 136 Å². The SMILES string of the molecule is COc1ccc(S(=O)(=O)N(C)CC(Cl)c2ccccc2)cc1. The Bertz CT molecular complexity index is 702. The molecule has 22 heavy (non-hydrogen) atoms. The second-order valence-electron chi connectivity index (χ2n) is 4.84. The largest absolute Gasteiger partial charge is 0.497 e. The monoisotopic (exact) mass is 339 g/mol. The van der Waals surface area contributed by atoms with Gasteiger partial charge in [0.2, 0.25) is 10.0 Å². The molecule has 0 aliphatic rings. The van der Waals surface area contributed by atoms with Crippen LogP contribution in [0.1, 0.15) is 10.9 Å². The van der Waals surface area contributed by atoms with Crippen molar-refractivity contribution in [3.63, 3.8) is 0 Å². The highest BCUT2D eigenvalue weighted by Crippen LogP contribution is 2.24. The lowest BCUT2D eigenvalue weighted by Crippen LogP contribution is -2.30. The smallest absolute Gasteiger partial charge is 0.242 e. The minimum atomic E-state index is -3.57. The molecule has 0 radical (unpaired) electrons. The van der Waals surface area contributed by atoms with Gasteiger partial charge in [-0.3, -0.25) is 0 Å². The molecule has 2 aromatic rings. The minimum Gasteiger partial charge on any atom is -0.497 e. The molecule has 0 N–H and O–H groups in total. The Morgan fingerprint density at radius 2 is 1.68 bits per heavy atom. The molecule has 0 spiro atoms. The number of ether oxygens (including phenoxy) is 1. The molecule has 0 fully saturated rings. The first-order valence-corrected chi connectivity index (χ1v) is 8.62. The van der Waals surface area contributed by atoms with Crippen molar-refractivity contribution in [3.8, 4) is 5.75 Å². The summed E-state index contributed by atoms with van der Waals surface area (Å²) in [6, 6.07) is 15.7. The third kappa shape index (κ3) is 3.80. The van der Waals surface area contributed by atoms with E-state index in [-0.39, 0.29) is 11.4 Å². The molecular weight excluding hydrogens is 322 g/mol. The van der Waals surface area contributed by atoms with Crippen LogP contribution >= 0.6 is 11.6 Å². The summed E-state index contributed by atoms with van der Waals surface area (Å²) in [4.78, 5) is 0.215. The Kier molecular flexibility index (Phi) is 5.45. The fourth-order valence-electron chi connectivity index (χ4n) is 2.02. The van der Waals surface area contributed by atoms with Crippen LogP contribution in [0.15, 0.2) is 59.5 Å². The van der Waals surface area contributed by atoms with Crippen molar-refractivity contribution in [2.75, 3.05) is 20.7 Å². The zero-order valence-electron chi connectivity index (χ0n) is 12.4. The Morgan fingerprint density at radius 3 is 2.23 bits per heavy atom. The van der Waals surface area contributed by atoms with Crippen LogP contribution in [-0.4, -0.2) is 33.4 Å². The van der Waals surface area contributed by atoms with E-state index < -0.39 is 15.4 Å². The first kappa shape index (κ1) is 16.8. The van der Waals surface area contributed by atoms with Gasteiger partial charge < -0.3 is 4.74 Å². The van der Waals surface area contributed by atoms with E-state index in [9.17, 15) is 8.42 Å². The van der Waals surface area contributed by atoms with E-state index in [4.69, 9.17) is 16.3 Å². The molecule has 0 aliphatic heterocycles. The highest BCUT2D eigenvalue weighted by Gasteiger charge is 2.23. The van der Waals surface area contributed by atoms with E-state index in [1.807, 2.05) is 30.3 Å². The quantitative estimate of drug-likeness (QED) is 0.759. The van der Waals surface area contributed by atoms with Crippen LogP contribution in [0.5, 0.6) is 5.75 Å². The predicted molar refractivity (Wildman–Crippen MR) is 87.8 cm³/mol. The molecule has 4 nitrogen and oxygen atoms in total. The summed E-state index contributed by atoms with van der Waals surface area (Å²) in [6.45, 7) is 0.194. The van der Waals surface area contributed by atoms with Gasteiger partial charge in [0.25, 0.3) is 0 Å². The van der Waals surface area contributed by atoms with Gasteiger partial charge in [0.1, 0.15) is 5.75 Å². The van der Waals surface area contributed by atoms with Crippen molar-refractivity contribution in [2.24, 2.45) is 0 Å². The fraction of sp³-hybridized carbons (Fsp3) is 0.250. The second-order valence-corrected chi connectivity index (χ2v) is 7.41. The molecule has 6 heteroatoms. The molecular formula is C16H18ClNO3S. The number of hydrogen-bond donors (Lipinski definition) is 0. The third-order valence-corrected chi connectivity index (χ3v) is 5.57. The lowest BCUT2D eigenvalue weighted by molar-refractivity contribution is 0.414. The molecule has 1 atom stereocenters. The average molecular weight is 340 g/mol. The molecule has 0 amide bonds. The molecule has 0 bridgehead atoms. The topological polar surface area (TPSA) is 46.6 Å². The maximum Gasteiger partial charge on any atom is 0.242 e. The highest BCUT2D eigenvalue weighted by molar-refractivity contribution is 7.89. The molecule has 0 aliphatic carbocycles. The molecule has 0 saturated heterocycles. The first-order valence-electron chi connectivity index (χ1n) is 6.74. The number of methoxy groups -OCH3 is 1. The van der Waals surface area contributed by atoms with Crippen LogP contribution in [0.4, 0.5) is 0 Å². The second kappa shape index (κ2) is 7.13. The fourth-order valence-corrected chi connectivity index (χ4v) is 3.64. The van der Waals surface area contributed by atoms with Gasteiger partial charge in [-0.15, -0.1) is 11.6 Å². The molecule has 0 aromatic heterocycles. The van der Waals surface area contributed by atoms with Gasteiger partial charge in [-0.1, -0.05) is 30.3 Å². The van der Waals surface area contributed by atoms with Crippen molar-refractivity contribution in [3.05, 3.63) is 60.2 Å². The van der Waals surface area contributed by atoms with Crippen molar-refractivity contribution in [2.45, 2.75) is 10.3 Å². The zero-order valence-corrected chi connectivity index (χ0v) is 14.0. The molecule has 2 rings (SSSR count). The molecule has 0 saturated carbocycles. The van der Waals surface area contributed by atoms with Crippen LogP contribution in [0.25, 0.3) is 0 Å². The number of hydrogen-bond acceptors (Lipinski definition) is 3. The van der Waals surface area contributed by atoms with Gasteiger partial charge in [0.05, 0.1) is 17.4 Å². The zero-order chi connectivity index (χ0) is 16.2. The van der Waals surface area contributed by atoms with Gasteiger partial charge >= 0.3 is 0 Å². The van der Waals surface area contributed by atoms with Crippen LogP contribution < -0.4 is 4.74 Å². The number of likely N-dealkylation sites (N-methyl/N-ethyl adjacent to an activating group) is 1. The molecule has 118 valence electrons. The van der Waals surface area contributed by atoms with Crippen LogP contribution in [0.3, 0.4) is 0 Å². The van der Waals surface area contributed by atoms with Gasteiger partial charge in [0, 0.05) is 13.6 Å². The Morgan fingerprint density at radius 1 is 1.09 bits per heavy atom. The third-order valence-electron chi connectivity index (χ3n) is 3.35. The Hall–Kier alpha value is -1.56. The molecule has 2 aromatic carbocycles. The van der Waals surface area contributed by atoms with E-state index in [0.717, 1.165) is 5.56 Å². The van der Waals surface area contributed by atoms with Crippen molar-refractivity contribution >= 4 is 21.6 Å². The van der Waals surface area contributed by atoms with E-state index in [1.165, 1.54) is 30.6 Å². The number of rotatable bonds is 6. The van der Waals surface area contributed by atoms with Gasteiger partial charge in [0.15, 0.2) is 0 Å². The summed E-state index contributed by atoms with van der Waals surface area (Å²) >= 11 is 6.32. The standard InChI is InChI=1S/C16H18ClNO3S/c1-18(12-16(17)13-6-4-3-5-7-13)22(19,20)15-10-8-14(21-2)9-11-15/h3-11,16H,12H2,1-2H3. The van der Waals surface area contributed by atoms with Gasteiger partial charge in [-0.05, 0) is 29.8 Å². The summed E-state index contributed by atoms with van der Waals surface area (Å²) < 4.78 is 31.3. The van der Waals surface area contributed by atoms with Crippen LogP contribution in [0, 0.1) is 0 Å². The maximum atomic E-state index is 12.5. The number of nitrogens with zero attached hydrogens (tertiary/aromatic N) is 1. The Balaban J connectivity index is 2.14. The van der Waals surface area contributed by atoms with Gasteiger partial charge in [-0.25, -0.2) is 8.42 Å². The van der Waals surface area contributed by atoms with E-state index >= 15 is 0 Å². The van der Waals surface area contributed by atoms with Crippen LogP contribution in [-0.2, 0) is 10.0 Å². The summed E-state index contributed by atoms with van der Waals surface area (Å²) in [5.74, 6) is 0.612. The van der Waals surface area contributed by atoms with E-state index in [2.05, 4.69) is 0 Å². The van der Waals surface area contributed by atoms with Crippen molar-refractivity contribution < 1.29 is 13.2 Å². The molecule has 1 unspecified atom stereocenters. The summed E-state index contributed by atoms with van der Waals surface area (Å²) in [5, 5.41) is -0.403. The van der Waals surface area contributed by atoms with E-state index in [1.54, 1.807) is 12.1 Å². The number of alkyl halides is 1.